The lowest BCUT2D eigenvalue weighted by Crippen LogP contribution is -2.62. The molecule has 0 bridgehead atoms. The highest BCUT2D eigenvalue weighted by atomic mass is 32.5. The molecule has 146 valence electrons. The molecule has 9 heteroatoms. The Kier molecular flexibility index (Phi) is 4.37. The minimum absolute atomic E-state index is 0.0461. The maximum absolute atomic E-state index is 13.0. The van der Waals surface area contributed by atoms with Crippen molar-refractivity contribution in [1.82, 2.24) is 10.6 Å². The zero-order valence-electron chi connectivity index (χ0n) is 14.1. The molecule has 3 atom stereocenters. The maximum Gasteiger partial charge on any atom is 0.288 e. The summed E-state index contributed by atoms with van der Waals surface area (Å²) in [4.78, 5) is 0. The van der Waals surface area contributed by atoms with Crippen LogP contribution in [0.4, 0.5) is 19.4 Å². The highest BCUT2D eigenvalue weighted by Gasteiger charge is 2.69. The molecule has 2 saturated carbocycles. The number of fused-ring (bicyclic) bond motifs is 1. The van der Waals surface area contributed by atoms with Crippen molar-refractivity contribution in [2.75, 3.05) is 13.1 Å². The second-order valence-corrected chi connectivity index (χ2v) is 10.7. The van der Waals surface area contributed by atoms with Gasteiger partial charge >= 0.3 is 0 Å². The lowest BCUT2D eigenvalue weighted by atomic mass is 9.64. The molecule has 3 unspecified atom stereocenters. The third-order valence-corrected chi connectivity index (χ3v) is 8.10. The average molecular weight is 387 g/mol. The van der Waals surface area contributed by atoms with Crippen molar-refractivity contribution in [3.05, 3.63) is 0 Å². The van der Waals surface area contributed by atoms with Crippen LogP contribution in [0.2, 0.25) is 0 Å². The van der Waals surface area contributed by atoms with Gasteiger partial charge in [0.1, 0.15) is 5.54 Å². The molecule has 2 N–H and O–H groups in total. The highest BCUT2D eigenvalue weighted by Crippen LogP contribution is 3.01. The molecule has 1 heterocycles. The van der Waals surface area contributed by atoms with E-state index < -0.39 is 33.9 Å². The largest absolute Gasteiger partial charge is 0.316 e. The highest BCUT2D eigenvalue weighted by molar-refractivity contribution is 8.46. The summed E-state index contributed by atoms with van der Waals surface area (Å²) in [6, 6.07) is 2.11. The normalized spacial score (nSPS) is 42.6. The molecular formula is C16H26F5N3S. The van der Waals surface area contributed by atoms with Crippen LogP contribution in [-0.2, 0) is 0 Å². The third-order valence-electron chi connectivity index (χ3n) is 6.37. The number of piperidine rings is 1. The van der Waals surface area contributed by atoms with Gasteiger partial charge in [-0.2, -0.15) is 5.26 Å². The van der Waals surface area contributed by atoms with Gasteiger partial charge in [0.2, 0.25) is 0 Å². The predicted octanol–water partition coefficient (Wildman–Crippen LogP) is 4.86. The van der Waals surface area contributed by atoms with Gasteiger partial charge in [0.25, 0.3) is 10.2 Å². The molecule has 0 aromatic heterocycles. The summed E-state index contributed by atoms with van der Waals surface area (Å²) in [6.07, 6.45) is 2.67. The molecule has 0 radical (unpaired) electrons. The Hall–Kier alpha value is -0.590. The molecular weight excluding hydrogens is 361 g/mol. The molecule has 1 aliphatic heterocycles. The smallest absolute Gasteiger partial charge is 0.288 e. The van der Waals surface area contributed by atoms with Crippen molar-refractivity contribution >= 4 is 10.2 Å². The fourth-order valence-corrected chi connectivity index (χ4v) is 6.19. The summed E-state index contributed by atoms with van der Waals surface area (Å²) < 4.78 is 64.8. The van der Waals surface area contributed by atoms with Crippen molar-refractivity contribution in [3.63, 3.8) is 0 Å². The van der Waals surface area contributed by atoms with Gasteiger partial charge in [-0.25, -0.2) is 0 Å². The van der Waals surface area contributed by atoms with E-state index in [0.717, 1.165) is 32.4 Å². The number of hydrogen-bond acceptors (Lipinski definition) is 3. The zero-order valence-corrected chi connectivity index (χ0v) is 14.9. The van der Waals surface area contributed by atoms with Crippen LogP contribution < -0.4 is 10.6 Å². The van der Waals surface area contributed by atoms with Crippen molar-refractivity contribution in [1.29, 1.82) is 5.26 Å². The van der Waals surface area contributed by atoms with Crippen molar-refractivity contribution < 1.29 is 19.4 Å². The van der Waals surface area contributed by atoms with E-state index in [1.807, 2.05) is 0 Å². The molecule has 3 nitrogen and oxygen atoms in total. The van der Waals surface area contributed by atoms with E-state index in [-0.39, 0.29) is 24.8 Å². The lowest BCUT2D eigenvalue weighted by Gasteiger charge is -2.51. The Labute approximate surface area is 145 Å². The standard InChI is InChI=1S/C16H26F5N3S/c17-25(18,19,20,21)14-5-3-13(4-6-14)24-16(11-22)8-1-2-12-7-9-23-10-15(12)16/h12-15,23-24H,1-10H2. The van der Waals surface area contributed by atoms with Gasteiger partial charge in [-0.15, -0.1) is 0 Å². The van der Waals surface area contributed by atoms with E-state index in [9.17, 15) is 24.7 Å². The number of nitriles is 1. The summed E-state index contributed by atoms with van der Waals surface area (Å²) in [5.74, 6) is 0.580. The molecule has 0 aromatic carbocycles. The third kappa shape index (κ3) is 4.06. The fraction of sp³-hybridized carbons (Fsp3) is 0.938. The number of nitrogens with zero attached hydrogens (tertiary/aromatic N) is 1. The van der Waals surface area contributed by atoms with Crippen LogP contribution in [0.25, 0.3) is 0 Å². The molecule has 0 amide bonds. The first-order valence-corrected chi connectivity index (χ1v) is 11.1. The minimum Gasteiger partial charge on any atom is -0.316 e. The van der Waals surface area contributed by atoms with Gasteiger partial charge in [0.15, 0.2) is 0 Å². The first-order chi connectivity index (χ1) is 11.4. The molecule has 0 spiro atoms. The van der Waals surface area contributed by atoms with Crippen LogP contribution in [0.15, 0.2) is 0 Å². The second-order valence-electron chi connectivity index (χ2n) is 7.98. The van der Waals surface area contributed by atoms with Crippen molar-refractivity contribution in [2.24, 2.45) is 11.8 Å². The Bertz CT molecular complexity index is 550. The van der Waals surface area contributed by atoms with Crippen LogP contribution in [0, 0.1) is 23.2 Å². The van der Waals surface area contributed by atoms with E-state index in [2.05, 4.69) is 16.7 Å². The summed E-state index contributed by atoms with van der Waals surface area (Å²) in [5, 5.41) is 14.0. The van der Waals surface area contributed by atoms with E-state index in [0.29, 0.717) is 12.3 Å². The van der Waals surface area contributed by atoms with Gasteiger partial charge in [-0.05, 0) is 57.4 Å². The Morgan fingerprint density at radius 3 is 2.28 bits per heavy atom. The Balaban J connectivity index is 1.67. The minimum atomic E-state index is -9.40. The van der Waals surface area contributed by atoms with Gasteiger partial charge in [-0.3, -0.25) is 5.32 Å². The molecule has 0 aromatic rings. The summed E-state index contributed by atoms with van der Waals surface area (Å²) in [6.45, 7) is 1.66. The zero-order chi connectivity index (χ0) is 18.4. The maximum atomic E-state index is 13.0. The summed E-state index contributed by atoms with van der Waals surface area (Å²) >= 11 is 0. The summed E-state index contributed by atoms with van der Waals surface area (Å²) in [5.41, 5.74) is -0.747. The fourth-order valence-electron chi connectivity index (χ4n) is 5.03. The van der Waals surface area contributed by atoms with Crippen molar-refractivity contribution in [3.8, 4) is 6.07 Å². The van der Waals surface area contributed by atoms with Gasteiger partial charge in [0.05, 0.1) is 11.3 Å². The van der Waals surface area contributed by atoms with Crippen LogP contribution in [0.3, 0.4) is 0 Å². The average Bonchev–Trinajstić information content (AvgIpc) is 2.53. The first-order valence-electron chi connectivity index (χ1n) is 9.06. The van der Waals surface area contributed by atoms with Crippen molar-refractivity contribution in [2.45, 2.75) is 68.2 Å². The van der Waals surface area contributed by atoms with Crippen LogP contribution in [0.1, 0.15) is 51.4 Å². The van der Waals surface area contributed by atoms with E-state index >= 15 is 0 Å². The molecule has 3 rings (SSSR count). The van der Waals surface area contributed by atoms with Crippen LogP contribution in [-0.4, -0.2) is 29.9 Å². The molecule has 2 aliphatic carbocycles. The molecule has 25 heavy (non-hydrogen) atoms. The lowest BCUT2D eigenvalue weighted by molar-refractivity contribution is 0.0823. The molecule has 3 aliphatic rings. The van der Waals surface area contributed by atoms with E-state index in [4.69, 9.17) is 0 Å². The number of halogens is 5. The van der Waals surface area contributed by atoms with Crippen LogP contribution >= 0.6 is 10.2 Å². The van der Waals surface area contributed by atoms with Gasteiger partial charge in [0, 0.05) is 18.5 Å². The van der Waals surface area contributed by atoms with Gasteiger partial charge < -0.3 is 5.32 Å². The number of hydrogen-bond donors (Lipinski definition) is 2. The first kappa shape index (κ1) is 19.2. The Morgan fingerprint density at radius 2 is 1.68 bits per heavy atom. The Morgan fingerprint density at radius 1 is 1.00 bits per heavy atom. The summed E-state index contributed by atoms with van der Waals surface area (Å²) in [7, 11) is -9.40. The van der Waals surface area contributed by atoms with E-state index in [1.54, 1.807) is 0 Å². The molecule has 1 saturated heterocycles. The second kappa shape index (κ2) is 5.70. The number of nitrogens with one attached hydrogen (secondary N) is 2. The topological polar surface area (TPSA) is 47.9 Å². The van der Waals surface area contributed by atoms with Crippen LogP contribution in [0.5, 0.6) is 0 Å². The SMILES string of the molecule is N#CC1(NC2CCC(S(F)(F)(F)(F)F)CC2)CCCC2CCNCC21. The monoisotopic (exact) mass is 387 g/mol. The molecule has 3 fully saturated rings. The number of rotatable bonds is 3. The van der Waals surface area contributed by atoms with Gasteiger partial charge in [-0.1, -0.05) is 25.8 Å². The van der Waals surface area contributed by atoms with E-state index in [1.165, 1.54) is 0 Å². The quantitative estimate of drug-likeness (QED) is 0.680. The predicted molar refractivity (Wildman–Crippen MR) is 89.0 cm³/mol.